The maximum atomic E-state index is 15.3. The minimum Gasteiger partial charge on any atom is -0.390 e. The predicted octanol–water partition coefficient (Wildman–Crippen LogP) is 5.34. The summed E-state index contributed by atoms with van der Waals surface area (Å²) in [5, 5.41) is 10.1. The highest BCUT2D eigenvalue weighted by molar-refractivity contribution is 5.98. The lowest BCUT2D eigenvalue weighted by Gasteiger charge is -2.19. The van der Waals surface area contributed by atoms with Crippen molar-refractivity contribution in [3.63, 3.8) is 0 Å². The Morgan fingerprint density at radius 2 is 1.83 bits per heavy atom. The number of likely N-dealkylation sites (tertiary alicyclic amines) is 1. The third-order valence-electron chi connectivity index (χ3n) is 6.12. The molecule has 1 aliphatic heterocycles. The van der Waals surface area contributed by atoms with Crippen LogP contribution < -0.4 is 5.73 Å². The van der Waals surface area contributed by atoms with Gasteiger partial charge in [0, 0.05) is 36.7 Å². The van der Waals surface area contributed by atoms with Crippen molar-refractivity contribution in [3.05, 3.63) is 88.8 Å². The number of nitrogens with zero attached hydrogens (tertiary/aromatic N) is 2. The van der Waals surface area contributed by atoms with Gasteiger partial charge >= 0.3 is 0 Å². The highest BCUT2D eigenvalue weighted by Gasteiger charge is 2.26. The van der Waals surface area contributed by atoms with Crippen molar-refractivity contribution < 1.29 is 18.7 Å². The molecule has 3 N–H and O–H groups in total. The molecular formula is C28H27F2N3O2. The van der Waals surface area contributed by atoms with Crippen molar-refractivity contribution in [2.75, 3.05) is 13.1 Å². The summed E-state index contributed by atoms with van der Waals surface area (Å²) in [4.78, 5) is 17.9. The first-order valence-electron chi connectivity index (χ1n) is 11.4. The monoisotopic (exact) mass is 475 g/mol. The van der Waals surface area contributed by atoms with E-state index in [0.29, 0.717) is 40.9 Å². The van der Waals surface area contributed by atoms with Gasteiger partial charge < -0.3 is 15.7 Å². The van der Waals surface area contributed by atoms with Crippen LogP contribution in [0.3, 0.4) is 0 Å². The Kier molecular flexibility index (Phi) is 6.70. The molecule has 1 fully saturated rings. The lowest BCUT2D eigenvalue weighted by atomic mass is 9.90. The van der Waals surface area contributed by atoms with Crippen LogP contribution in [0.2, 0.25) is 0 Å². The molecule has 180 valence electrons. The van der Waals surface area contributed by atoms with Gasteiger partial charge in [-0.15, -0.1) is 0 Å². The average Bonchev–Trinajstić information content (AvgIpc) is 3.23. The smallest absolute Gasteiger partial charge is 0.253 e. The van der Waals surface area contributed by atoms with E-state index in [1.807, 2.05) is 0 Å². The fraction of sp³-hybridized carbons (Fsp3) is 0.286. The minimum absolute atomic E-state index is 0.0653. The molecule has 0 bridgehead atoms. The van der Waals surface area contributed by atoms with E-state index in [0.717, 1.165) is 6.42 Å². The van der Waals surface area contributed by atoms with Crippen LogP contribution >= 0.6 is 0 Å². The summed E-state index contributed by atoms with van der Waals surface area (Å²) in [5.41, 5.74) is 7.58. The number of benzene rings is 3. The van der Waals surface area contributed by atoms with E-state index in [9.17, 15) is 14.3 Å². The third-order valence-corrected chi connectivity index (χ3v) is 6.12. The zero-order chi connectivity index (χ0) is 25.3. The Balaban J connectivity index is 1.82. The highest BCUT2D eigenvalue weighted by Crippen LogP contribution is 2.37. The zero-order valence-corrected chi connectivity index (χ0v) is 19.7. The van der Waals surface area contributed by atoms with E-state index >= 15 is 4.39 Å². The summed E-state index contributed by atoms with van der Waals surface area (Å²) in [7, 11) is 0. The van der Waals surface area contributed by atoms with E-state index in [-0.39, 0.29) is 29.6 Å². The third kappa shape index (κ3) is 5.40. The first-order valence-corrected chi connectivity index (χ1v) is 11.4. The molecule has 0 aliphatic carbocycles. The Labute approximate surface area is 203 Å². The molecule has 0 saturated carbocycles. The van der Waals surface area contributed by atoms with Crippen molar-refractivity contribution in [2.45, 2.75) is 38.3 Å². The Hall–Kier alpha value is -3.60. The Bertz CT molecular complexity index is 1320. The van der Waals surface area contributed by atoms with E-state index in [4.69, 9.17) is 12.3 Å². The second-order valence-electron chi connectivity index (χ2n) is 9.64. The molecule has 3 aromatic rings. The van der Waals surface area contributed by atoms with Crippen LogP contribution in [0.15, 0.2) is 54.6 Å². The molecule has 3 aromatic carbocycles. The zero-order valence-electron chi connectivity index (χ0n) is 19.7. The van der Waals surface area contributed by atoms with Gasteiger partial charge in [-0.1, -0.05) is 30.3 Å². The number of halogens is 2. The predicted molar refractivity (Wildman–Crippen MR) is 132 cm³/mol. The van der Waals surface area contributed by atoms with Crippen molar-refractivity contribution in [2.24, 2.45) is 5.73 Å². The van der Waals surface area contributed by atoms with Crippen molar-refractivity contribution in [1.29, 1.82) is 0 Å². The molecule has 1 saturated heterocycles. The lowest BCUT2D eigenvalue weighted by molar-refractivity contribution is 0.0788. The first kappa shape index (κ1) is 24.5. The maximum Gasteiger partial charge on any atom is 0.253 e. The van der Waals surface area contributed by atoms with Gasteiger partial charge in [-0.2, -0.15) is 0 Å². The minimum atomic E-state index is -0.985. The van der Waals surface area contributed by atoms with E-state index in [1.165, 1.54) is 18.2 Å². The number of hydrogen-bond donors (Lipinski definition) is 2. The summed E-state index contributed by atoms with van der Waals surface area (Å²) in [6, 6.07) is 13.8. The summed E-state index contributed by atoms with van der Waals surface area (Å²) >= 11 is 0. The summed E-state index contributed by atoms with van der Waals surface area (Å²) < 4.78 is 29.8. The van der Waals surface area contributed by atoms with Crippen LogP contribution in [0.1, 0.15) is 36.2 Å². The topological polar surface area (TPSA) is 70.9 Å². The molecule has 1 heterocycles. The molecule has 5 nitrogen and oxygen atoms in total. The van der Waals surface area contributed by atoms with E-state index in [1.54, 1.807) is 55.1 Å². The largest absolute Gasteiger partial charge is 0.390 e. The van der Waals surface area contributed by atoms with Crippen molar-refractivity contribution in [3.8, 4) is 22.3 Å². The number of carbonyl (C=O) groups is 1. The first-order chi connectivity index (χ1) is 16.6. The Morgan fingerprint density at radius 3 is 2.43 bits per heavy atom. The average molecular weight is 476 g/mol. The number of amides is 1. The molecule has 0 aromatic heterocycles. The van der Waals surface area contributed by atoms with Gasteiger partial charge in [-0.25, -0.2) is 13.6 Å². The summed E-state index contributed by atoms with van der Waals surface area (Å²) in [5.74, 6) is -1.37. The maximum absolute atomic E-state index is 15.3. The second kappa shape index (κ2) is 9.57. The quantitative estimate of drug-likeness (QED) is 0.490. The standard InChI is InChI=1S/C28H27F2N3O2/c1-28(2,35)15-17-4-7-22(24(29)12-17)21-8-5-19(27(34)33-11-10-20(31)16-33)13-23(21)18-6-9-26(32-3)25(30)14-18/h4-9,12-14,20,35H,10-11,15-16,31H2,1-2H3/t20-/m0/s1. The van der Waals surface area contributed by atoms with Gasteiger partial charge in [0.2, 0.25) is 5.69 Å². The van der Waals surface area contributed by atoms with Crippen LogP contribution in [0.5, 0.6) is 0 Å². The summed E-state index contributed by atoms with van der Waals surface area (Å²) in [6.07, 6.45) is 1.01. The van der Waals surface area contributed by atoms with Crippen LogP contribution in [0, 0.1) is 18.2 Å². The van der Waals surface area contributed by atoms with Gasteiger partial charge in [0.25, 0.3) is 5.91 Å². The molecule has 1 aliphatic rings. The molecule has 35 heavy (non-hydrogen) atoms. The van der Waals surface area contributed by atoms with Gasteiger partial charge in [0.15, 0.2) is 0 Å². The van der Waals surface area contributed by atoms with Gasteiger partial charge in [-0.05, 0) is 66.8 Å². The Morgan fingerprint density at radius 1 is 1.09 bits per heavy atom. The van der Waals surface area contributed by atoms with Gasteiger partial charge in [-0.3, -0.25) is 4.79 Å². The van der Waals surface area contributed by atoms with Crippen LogP contribution in [-0.4, -0.2) is 40.6 Å². The highest BCUT2D eigenvalue weighted by atomic mass is 19.1. The fourth-order valence-corrected chi connectivity index (χ4v) is 4.46. The molecule has 1 amide bonds. The van der Waals surface area contributed by atoms with Crippen LogP contribution in [0.25, 0.3) is 27.1 Å². The number of carbonyl (C=O) groups excluding carboxylic acids is 1. The molecule has 0 spiro atoms. The molecular weight excluding hydrogens is 448 g/mol. The van der Waals surface area contributed by atoms with Gasteiger partial charge in [0.1, 0.15) is 11.6 Å². The lowest BCUT2D eigenvalue weighted by Crippen LogP contribution is -2.31. The molecule has 1 atom stereocenters. The van der Waals surface area contributed by atoms with Crippen molar-refractivity contribution in [1.82, 2.24) is 4.90 Å². The molecule has 0 radical (unpaired) electrons. The van der Waals surface area contributed by atoms with Crippen LogP contribution in [0.4, 0.5) is 14.5 Å². The number of rotatable bonds is 5. The fourth-order valence-electron chi connectivity index (χ4n) is 4.46. The number of nitrogens with two attached hydrogens (primary N) is 1. The molecule has 0 unspecified atom stereocenters. The number of aliphatic hydroxyl groups is 1. The van der Waals surface area contributed by atoms with E-state index < -0.39 is 17.2 Å². The number of hydrogen-bond acceptors (Lipinski definition) is 3. The second-order valence-corrected chi connectivity index (χ2v) is 9.64. The van der Waals surface area contributed by atoms with Crippen LogP contribution in [-0.2, 0) is 6.42 Å². The molecule has 7 heteroatoms. The molecule has 4 rings (SSSR count). The van der Waals surface area contributed by atoms with Gasteiger partial charge in [0.05, 0.1) is 12.2 Å². The van der Waals surface area contributed by atoms with E-state index in [2.05, 4.69) is 4.85 Å². The SMILES string of the molecule is [C-]#[N+]c1ccc(-c2cc(C(=O)N3CC[C@H](N)C3)ccc2-c2ccc(CC(C)(C)O)cc2F)cc1F. The summed E-state index contributed by atoms with van der Waals surface area (Å²) in [6.45, 7) is 11.4. The van der Waals surface area contributed by atoms with Crippen molar-refractivity contribution >= 4 is 11.6 Å². The normalized spacial score (nSPS) is 15.8.